The first-order valence-corrected chi connectivity index (χ1v) is 9.25. The van der Waals surface area contributed by atoms with Crippen molar-refractivity contribution in [1.29, 1.82) is 0 Å². The predicted octanol–water partition coefficient (Wildman–Crippen LogP) is 4.99. The molecule has 150 valence electrons. The van der Waals surface area contributed by atoms with Crippen LogP contribution in [0.1, 0.15) is 16.1 Å². The zero-order valence-electron chi connectivity index (χ0n) is 16.4. The van der Waals surface area contributed by atoms with Crippen LogP contribution < -0.4 is 5.32 Å². The smallest absolute Gasteiger partial charge is 0.276 e. The first kappa shape index (κ1) is 19.4. The quantitative estimate of drug-likeness (QED) is 0.521. The SMILES string of the molecule is Cc1ccc(-c2ccncc2)cc1-c1cc(C(=O)Nc2c(F)cccc2F)nn1C. The number of rotatable bonds is 4. The average molecular weight is 404 g/mol. The Labute approximate surface area is 172 Å². The van der Waals surface area contributed by atoms with E-state index in [-0.39, 0.29) is 5.69 Å². The van der Waals surface area contributed by atoms with Crippen molar-refractivity contribution < 1.29 is 13.6 Å². The number of nitrogens with one attached hydrogen (secondary N) is 1. The predicted molar refractivity (Wildman–Crippen MR) is 111 cm³/mol. The summed E-state index contributed by atoms with van der Waals surface area (Å²) in [5.41, 5.74) is 4.19. The van der Waals surface area contributed by atoms with Gasteiger partial charge in [-0.3, -0.25) is 14.5 Å². The van der Waals surface area contributed by atoms with Gasteiger partial charge < -0.3 is 5.32 Å². The Hall–Kier alpha value is -3.87. The lowest BCUT2D eigenvalue weighted by Gasteiger charge is -2.09. The van der Waals surface area contributed by atoms with Crippen LogP contribution in [0, 0.1) is 18.6 Å². The Balaban J connectivity index is 1.69. The van der Waals surface area contributed by atoms with Gasteiger partial charge in [0.2, 0.25) is 0 Å². The second-order valence-electron chi connectivity index (χ2n) is 6.85. The number of carbonyl (C=O) groups excluding carboxylic acids is 1. The number of carbonyl (C=O) groups is 1. The van der Waals surface area contributed by atoms with Gasteiger partial charge in [-0.1, -0.05) is 18.2 Å². The Morgan fingerprint density at radius 3 is 2.37 bits per heavy atom. The summed E-state index contributed by atoms with van der Waals surface area (Å²) >= 11 is 0. The molecule has 0 fully saturated rings. The molecule has 0 atom stereocenters. The largest absolute Gasteiger partial charge is 0.316 e. The zero-order chi connectivity index (χ0) is 21.3. The van der Waals surface area contributed by atoms with Crippen LogP contribution in [0.15, 0.2) is 67.0 Å². The molecule has 5 nitrogen and oxygen atoms in total. The van der Waals surface area contributed by atoms with Crippen molar-refractivity contribution in [2.24, 2.45) is 7.05 Å². The van der Waals surface area contributed by atoms with E-state index < -0.39 is 23.2 Å². The molecule has 4 rings (SSSR count). The molecule has 0 saturated heterocycles. The molecule has 30 heavy (non-hydrogen) atoms. The summed E-state index contributed by atoms with van der Waals surface area (Å²) in [5, 5.41) is 6.50. The third-order valence-electron chi connectivity index (χ3n) is 4.84. The van der Waals surface area contributed by atoms with E-state index in [9.17, 15) is 13.6 Å². The van der Waals surface area contributed by atoms with E-state index in [1.165, 1.54) is 6.07 Å². The number of hydrogen-bond acceptors (Lipinski definition) is 3. The fraction of sp³-hybridized carbons (Fsp3) is 0.0870. The minimum Gasteiger partial charge on any atom is -0.316 e. The Kier molecular flexibility index (Phi) is 5.10. The number of pyridine rings is 1. The molecule has 0 radical (unpaired) electrons. The third kappa shape index (κ3) is 3.69. The van der Waals surface area contributed by atoms with Crippen molar-refractivity contribution in [3.05, 3.63) is 89.9 Å². The summed E-state index contributed by atoms with van der Waals surface area (Å²) in [6.45, 7) is 1.97. The van der Waals surface area contributed by atoms with Crippen LogP contribution in [0.2, 0.25) is 0 Å². The second-order valence-corrected chi connectivity index (χ2v) is 6.85. The molecule has 2 aromatic heterocycles. The van der Waals surface area contributed by atoms with Crippen LogP contribution in [0.5, 0.6) is 0 Å². The molecule has 1 amide bonds. The number of aromatic nitrogens is 3. The van der Waals surface area contributed by atoms with Gasteiger partial charge in [0.25, 0.3) is 5.91 Å². The molecule has 0 aliphatic heterocycles. The van der Waals surface area contributed by atoms with Gasteiger partial charge in [-0.2, -0.15) is 5.10 Å². The molecule has 0 aliphatic carbocycles. The molecule has 0 aliphatic rings. The number of anilines is 1. The number of aryl methyl sites for hydroxylation is 2. The Morgan fingerprint density at radius 2 is 1.67 bits per heavy atom. The van der Waals surface area contributed by atoms with Crippen LogP contribution in [-0.4, -0.2) is 20.7 Å². The van der Waals surface area contributed by atoms with E-state index in [2.05, 4.69) is 15.4 Å². The summed E-state index contributed by atoms with van der Waals surface area (Å²) in [6, 6.07) is 14.8. The summed E-state index contributed by atoms with van der Waals surface area (Å²) in [4.78, 5) is 16.6. The van der Waals surface area contributed by atoms with Crippen LogP contribution in [0.3, 0.4) is 0 Å². The molecule has 7 heteroatoms. The molecule has 0 bridgehead atoms. The van der Waals surface area contributed by atoms with E-state index >= 15 is 0 Å². The van der Waals surface area contributed by atoms with Crippen LogP contribution >= 0.6 is 0 Å². The molecule has 0 unspecified atom stereocenters. The van der Waals surface area contributed by atoms with E-state index in [1.54, 1.807) is 30.2 Å². The summed E-state index contributed by atoms with van der Waals surface area (Å²) in [7, 11) is 1.72. The Morgan fingerprint density at radius 1 is 0.967 bits per heavy atom. The maximum atomic E-state index is 13.8. The Bertz CT molecular complexity index is 1220. The lowest BCUT2D eigenvalue weighted by atomic mass is 9.98. The number of amides is 1. The van der Waals surface area contributed by atoms with E-state index in [0.717, 1.165) is 34.4 Å². The summed E-state index contributed by atoms with van der Waals surface area (Å²) < 4.78 is 29.3. The van der Waals surface area contributed by atoms with Crippen molar-refractivity contribution in [3.8, 4) is 22.4 Å². The first-order chi connectivity index (χ1) is 14.4. The van der Waals surface area contributed by atoms with Crippen LogP contribution in [-0.2, 0) is 7.05 Å². The van der Waals surface area contributed by atoms with Gasteiger partial charge in [0.15, 0.2) is 5.69 Å². The molecular weight excluding hydrogens is 386 g/mol. The van der Waals surface area contributed by atoms with Crippen molar-refractivity contribution in [2.75, 3.05) is 5.32 Å². The standard InChI is InChI=1S/C23H18F2N4O/c1-14-6-7-16(15-8-10-26-11-9-15)12-17(14)21-13-20(28-29(21)2)23(30)27-22-18(24)4-3-5-19(22)25/h3-13H,1-2H3,(H,27,30). The average Bonchev–Trinajstić information content (AvgIpc) is 3.13. The minimum atomic E-state index is -0.847. The fourth-order valence-corrected chi connectivity index (χ4v) is 3.25. The topological polar surface area (TPSA) is 59.8 Å². The molecular formula is C23H18F2N4O. The minimum absolute atomic E-state index is 0.0591. The van der Waals surface area contributed by atoms with Crippen molar-refractivity contribution in [3.63, 3.8) is 0 Å². The van der Waals surface area contributed by atoms with Crippen LogP contribution in [0.4, 0.5) is 14.5 Å². The van der Waals surface area contributed by atoms with Crippen LogP contribution in [0.25, 0.3) is 22.4 Å². The molecule has 0 spiro atoms. The van der Waals surface area contributed by atoms with Gasteiger partial charge in [-0.05, 0) is 60.0 Å². The number of halogens is 2. The van der Waals surface area contributed by atoms with Crippen molar-refractivity contribution in [1.82, 2.24) is 14.8 Å². The number of benzene rings is 2. The number of para-hydroxylation sites is 1. The number of hydrogen-bond donors (Lipinski definition) is 1. The van der Waals surface area contributed by atoms with Gasteiger partial charge in [-0.25, -0.2) is 8.78 Å². The molecule has 0 saturated carbocycles. The van der Waals surface area contributed by atoms with Gasteiger partial charge in [0.1, 0.15) is 17.3 Å². The fourth-order valence-electron chi connectivity index (χ4n) is 3.25. The van der Waals surface area contributed by atoms with Gasteiger partial charge in [0, 0.05) is 25.0 Å². The molecule has 2 aromatic carbocycles. The maximum Gasteiger partial charge on any atom is 0.276 e. The third-order valence-corrected chi connectivity index (χ3v) is 4.84. The maximum absolute atomic E-state index is 13.8. The highest BCUT2D eigenvalue weighted by atomic mass is 19.1. The number of nitrogens with zero attached hydrogens (tertiary/aromatic N) is 3. The molecule has 1 N–H and O–H groups in total. The molecule has 4 aromatic rings. The monoisotopic (exact) mass is 404 g/mol. The molecule has 2 heterocycles. The van der Waals surface area contributed by atoms with Gasteiger partial charge in [-0.15, -0.1) is 0 Å². The van der Waals surface area contributed by atoms with E-state index in [0.29, 0.717) is 5.69 Å². The summed E-state index contributed by atoms with van der Waals surface area (Å²) in [5.74, 6) is -2.38. The van der Waals surface area contributed by atoms with E-state index in [4.69, 9.17) is 0 Å². The lowest BCUT2D eigenvalue weighted by Crippen LogP contribution is -2.15. The van der Waals surface area contributed by atoms with Crippen molar-refractivity contribution in [2.45, 2.75) is 6.92 Å². The summed E-state index contributed by atoms with van der Waals surface area (Å²) in [6.07, 6.45) is 3.45. The highest BCUT2D eigenvalue weighted by Crippen LogP contribution is 2.30. The second kappa shape index (κ2) is 7.87. The first-order valence-electron chi connectivity index (χ1n) is 9.25. The van der Waals surface area contributed by atoms with Gasteiger partial charge >= 0.3 is 0 Å². The van der Waals surface area contributed by atoms with Gasteiger partial charge in [0.05, 0.1) is 5.69 Å². The highest BCUT2D eigenvalue weighted by Gasteiger charge is 2.18. The zero-order valence-corrected chi connectivity index (χ0v) is 16.4. The normalized spacial score (nSPS) is 10.8. The van der Waals surface area contributed by atoms with Crippen molar-refractivity contribution >= 4 is 11.6 Å². The lowest BCUT2D eigenvalue weighted by molar-refractivity contribution is 0.102. The van der Waals surface area contributed by atoms with E-state index in [1.807, 2.05) is 37.3 Å². The highest BCUT2D eigenvalue weighted by molar-refractivity contribution is 6.03.